The lowest BCUT2D eigenvalue weighted by atomic mass is 9.99. The van der Waals surface area contributed by atoms with Crippen molar-refractivity contribution in [3.63, 3.8) is 0 Å². The van der Waals surface area contributed by atoms with Gasteiger partial charge >= 0.3 is 0 Å². The Kier molecular flexibility index (Phi) is 5.68. The molecule has 1 saturated heterocycles. The number of aromatic nitrogens is 2. The van der Waals surface area contributed by atoms with Crippen LogP contribution in [0.4, 0.5) is 0 Å². The summed E-state index contributed by atoms with van der Waals surface area (Å²) in [5.74, 6) is 0.102. The maximum Gasteiger partial charge on any atom is 0.242 e. The molecule has 0 aliphatic carbocycles. The fourth-order valence-corrected chi connectivity index (χ4v) is 3.21. The number of rotatable bonds is 7. The Balaban J connectivity index is 1.54. The van der Waals surface area contributed by atoms with Gasteiger partial charge in [0, 0.05) is 33.0 Å². The minimum atomic E-state index is -0.0880. The van der Waals surface area contributed by atoms with E-state index in [-0.39, 0.29) is 24.3 Å². The summed E-state index contributed by atoms with van der Waals surface area (Å²) in [5.41, 5.74) is 2.78. The predicted octanol–water partition coefficient (Wildman–Crippen LogP) is 1.53. The largest absolute Gasteiger partial charge is 0.378 e. The minimum absolute atomic E-state index is 0.0320. The molecule has 138 valence electrons. The first-order valence-corrected chi connectivity index (χ1v) is 8.65. The van der Waals surface area contributed by atoms with Crippen LogP contribution in [0, 0.1) is 0 Å². The number of nitrogens with one attached hydrogen (secondary N) is 1. The highest BCUT2D eigenvalue weighted by molar-refractivity contribution is 5.86. The molecular weight excluding hydrogens is 332 g/mol. The Hall–Kier alpha value is -2.67. The van der Waals surface area contributed by atoms with E-state index < -0.39 is 0 Å². The van der Waals surface area contributed by atoms with Gasteiger partial charge in [0.2, 0.25) is 11.8 Å². The Morgan fingerprint density at radius 2 is 2.15 bits per heavy atom. The fraction of sp³-hybridized carbons (Fsp3) is 0.421. The van der Waals surface area contributed by atoms with Gasteiger partial charge in [-0.2, -0.15) is 5.10 Å². The number of aromatic amines is 1. The summed E-state index contributed by atoms with van der Waals surface area (Å²) in [6, 6.07) is 11.9. The standard InChI is InChI=1S/C19H24N4O3/c1-22(11-16-9-17(13-26-2)21-20-16)19(25)12-23-10-15(8-18(23)24)14-6-4-3-5-7-14/h3-7,9,15H,8,10-13H2,1-2H3,(H,20,21)/t15-/m0/s1. The number of benzene rings is 1. The van der Waals surface area contributed by atoms with Crippen molar-refractivity contribution in [2.45, 2.75) is 25.5 Å². The molecule has 1 fully saturated rings. The number of methoxy groups -OCH3 is 1. The maximum atomic E-state index is 12.5. The highest BCUT2D eigenvalue weighted by atomic mass is 16.5. The van der Waals surface area contributed by atoms with Crippen LogP contribution < -0.4 is 0 Å². The summed E-state index contributed by atoms with van der Waals surface area (Å²) in [5, 5.41) is 7.03. The SMILES string of the molecule is COCc1cc(CN(C)C(=O)CN2C[C@@H](c3ccccc3)CC2=O)[nH]n1. The van der Waals surface area contributed by atoms with Crippen LogP contribution in [0.1, 0.15) is 29.3 Å². The number of hydrogen-bond acceptors (Lipinski definition) is 4. The predicted molar refractivity (Wildman–Crippen MR) is 96.2 cm³/mol. The third-order valence-corrected chi connectivity index (χ3v) is 4.62. The van der Waals surface area contributed by atoms with Crippen molar-refractivity contribution in [2.75, 3.05) is 27.2 Å². The summed E-state index contributed by atoms with van der Waals surface area (Å²) in [4.78, 5) is 28.0. The smallest absolute Gasteiger partial charge is 0.242 e. The molecule has 3 rings (SSSR count). The summed E-state index contributed by atoms with van der Waals surface area (Å²) in [6.07, 6.45) is 0.460. The van der Waals surface area contributed by atoms with Crippen LogP contribution in [-0.2, 0) is 27.5 Å². The van der Waals surface area contributed by atoms with Crippen LogP contribution >= 0.6 is 0 Å². The molecule has 2 amide bonds. The second-order valence-corrected chi connectivity index (χ2v) is 6.65. The van der Waals surface area contributed by atoms with Gasteiger partial charge in [0.15, 0.2) is 0 Å². The molecule has 1 aromatic carbocycles. The third kappa shape index (κ3) is 4.29. The lowest BCUT2D eigenvalue weighted by Gasteiger charge is -2.21. The van der Waals surface area contributed by atoms with E-state index >= 15 is 0 Å². The third-order valence-electron chi connectivity index (χ3n) is 4.62. The first kappa shape index (κ1) is 18.1. The van der Waals surface area contributed by atoms with Crippen molar-refractivity contribution < 1.29 is 14.3 Å². The molecule has 1 atom stereocenters. The Bertz CT molecular complexity index is 759. The van der Waals surface area contributed by atoms with E-state index in [1.165, 1.54) is 0 Å². The molecule has 2 heterocycles. The molecule has 0 unspecified atom stereocenters. The zero-order valence-corrected chi connectivity index (χ0v) is 15.1. The quantitative estimate of drug-likeness (QED) is 0.816. The number of ether oxygens (including phenoxy) is 1. The van der Waals surface area contributed by atoms with E-state index in [1.807, 2.05) is 36.4 Å². The molecule has 1 N–H and O–H groups in total. The number of nitrogens with zero attached hydrogens (tertiary/aromatic N) is 3. The molecule has 1 aliphatic rings. The van der Waals surface area contributed by atoms with Crippen molar-refractivity contribution in [3.8, 4) is 0 Å². The van der Waals surface area contributed by atoms with Gasteiger partial charge in [-0.15, -0.1) is 0 Å². The molecule has 7 heteroatoms. The van der Waals surface area contributed by atoms with Gasteiger partial charge in [-0.25, -0.2) is 0 Å². The molecule has 7 nitrogen and oxygen atoms in total. The van der Waals surface area contributed by atoms with Crippen molar-refractivity contribution in [1.82, 2.24) is 20.0 Å². The van der Waals surface area contributed by atoms with E-state index in [1.54, 1.807) is 24.0 Å². The normalized spacial score (nSPS) is 16.9. The van der Waals surface area contributed by atoms with Gasteiger partial charge in [0.1, 0.15) is 0 Å². The highest BCUT2D eigenvalue weighted by Crippen LogP contribution is 2.27. The monoisotopic (exact) mass is 356 g/mol. The first-order chi connectivity index (χ1) is 12.6. The lowest BCUT2D eigenvalue weighted by molar-refractivity contribution is -0.137. The average Bonchev–Trinajstić information content (AvgIpc) is 3.23. The number of carbonyl (C=O) groups excluding carboxylic acids is 2. The molecule has 26 heavy (non-hydrogen) atoms. The topological polar surface area (TPSA) is 78.5 Å². The van der Waals surface area contributed by atoms with E-state index in [0.29, 0.717) is 26.1 Å². The van der Waals surface area contributed by atoms with Gasteiger partial charge in [-0.05, 0) is 11.6 Å². The van der Waals surface area contributed by atoms with Crippen molar-refractivity contribution in [2.24, 2.45) is 0 Å². The van der Waals surface area contributed by atoms with Crippen molar-refractivity contribution >= 4 is 11.8 Å². The molecule has 0 spiro atoms. The Morgan fingerprint density at radius 3 is 2.88 bits per heavy atom. The highest BCUT2D eigenvalue weighted by Gasteiger charge is 2.32. The molecule has 0 saturated carbocycles. The van der Waals surface area contributed by atoms with Crippen molar-refractivity contribution in [1.29, 1.82) is 0 Å². The molecular formula is C19H24N4O3. The summed E-state index contributed by atoms with van der Waals surface area (Å²) < 4.78 is 5.03. The van der Waals surface area contributed by atoms with Gasteiger partial charge in [0.25, 0.3) is 0 Å². The van der Waals surface area contributed by atoms with E-state index in [9.17, 15) is 9.59 Å². The van der Waals surface area contributed by atoms with Crippen LogP contribution in [0.25, 0.3) is 0 Å². The number of likely N-dealkylation sites (tertiary alicyclic amines) is 1. The van der Waals surface area contributed by atoms with Gasteiger partial charge in [-0.1, -0.05) is 30.3 Å². The number of hydrogen-bond donors (Lipinski definition) is 1. The number of likely N-dealkylation sites (N-methyl/N-ethyl adjacent to an activating group) is 1. The zero-order valence-electron chi connectivity index (χ0n) is 15.1. The van der Waals surface area contributed by atoms with Crippen molar-refractivity contribution in [3.05, 3.63) is 53.3 Å². The maximum absolute atomic E-state index is 12.5. The average molecular weight is 356 g/mol. The second kappa shape index (κ2) is 8.14. The molecule has 1 aromatic heterocycles. The van der Waals surface area contributed by atoms with E-state index in [0.717, 1.165) is 17.0 Å². The second-order valence-electron chi connectivity index (χ2n) is 6.65. The van der Waals surface area contributed by atoms with Crippen LogP contribution in [-0.4, -0.2) is 59.1 Å². The molecule has 0 bridgehead atoms. The molecule has 1 aliphatic heterocycles. The van der Waals surface area contributed by atoms with Gasteiger partial charge in [-0.3, -0.25) is 14.7 Å². The number of amides is 2. The summed E-state index contributed by atoms with van der Waals surface area (Å²) in [7, 11) is 3.34. The van der Waals surface area contributed by atoms with E-state index in [4.69, 9.17) is 4.74 Å². The van der Waals surface area contributed by atoms with Crippen LogP contribution in [0.2, 0.25) is 0 Å². The van der Waals surface area contributed by atoms with Crippen LogP contribution in [0.5, 0.6) is 0 Å². The molecule has 0 radical (unpaired) electrons. The fourth-order valence-electron chi connectivity index (χ4n) is 3.21. The summed E-state index contributed by atoms with van der Waals surface area (Å²) >= 11 is 0. The number of H-pyrrole nitrogens is 1. The minimum Gasteiger partial charge on any atom is -0.378 e. The lowest BCUT2D eigenvalue weighted by Crippen LogP contribution is -2.38. The van der Waals surface area contributed by atoms with Gasteiger partial charge < -0.3 is 14.5 Å². The Morgan fingerprint density at radius 1 is 1.38 bits per heavy atom. The van der Waals surface area contributed by atoms with E-state index in [2.05, 4.69) is 10.2 Å². The van der Waals surface area contributed by atoms with Gasteiger partial charge in [0.05, 0.1) is 31.1 Å². The molecule has 2 aromatic rings. The number of carbonyl (C=O) groups is 2. The summed E-state index contributed by atoms with van der Waals surface area (Å²) in [6.45, 7) is 1.54. The Labute approximate surface area is 152 Å². The van der Waals surface area contributed by atoms with Crippen LogP contribution in [0.3, 0.4) is 0 Å². The zero-order chi connectivity index (χ0) is 18.5. The first-order valence-electron chi connectivity index (χ1n) is 8.65. The van der Waals surface area contributed by atoms with Crippen LogP contribution in [0.15, 0.2) is 36.4 Å².